The molecule has 0 bridgehead atoms. The zero-order valence-electron chi connectivity index (χ0n) is 17.4. The summed E-state index contributed by atoms with van der Waals surface area (Å²) in [4.78, 5) is 12.5. The number of rotatable bonds is 6. The molecule has 27 heavy (non-hydrogen) atoms. The highest BCUT2D eigenvalue weighted by Gasteiger charge is 2.17. The van der Waals surface area contributed by atoms with E-state index in [1.54, 1.807) is 25.3 Å². The van der Waals surface area contributed by atoms with Crippen LogP contribution in [-0.2, 0) is 6.42 Å². The third-order valence-electron chi connectivity index (χ3n) is 3.77. The van der Waals surface area contributed by atoms with Crippen molar-refractivity contribution in [3.63, 3.8) is 0 Å². The van der Waals surface area contributed by atoms with Gasteiger partial charge in [-0.3, -0.25) is 4.79 Å². The summed E-state index contributed by atoms with van der Waals surface area (Å²) < 4.78 is 10.6. The van der Waals surface area contributed by atoms with Gasteiger partial charge in [-0.1, -0.05) is 33.8 Å². The van der Waals surface area contributed by atoms with Crippen LogP contribution < -0.4 is 9.47 Å². The Morgan fingerprint density at radius 2 is 1.59 bits per heavy atom. The minimum absolute atomic E-state index is 0.00924. The van der Waals surface area contributed by atoms with Crippen LogP contribution in [0.2, 0.25) is 0 Å². The van der Waals surface area contributed by atoms with E-state index in [9.17, 15) is 15.0 Å². The first-order chi connectivity index (χ1) is 13.0. The number of methoxy groups -OCH3 is 2. The number of benzene rings is 2. The van der Waals surface area contributed by atoms with Crippen LogP contribution in [0.25, 0.3) is 0 Å². The monoisotopic (exact) mass is 376 g/mol. The number of phenolic OH excluding ortho intramolecular Hbond substituents is 2. The molecule has 0 fully saturated rings. The third-order valence-corrected chi connectivity index (χ3v) is 3.77. The van der Waals surface area contributed by atoms with Gasteiger partial charge >= 0.3 is 0 Å². The van der Waals surface area contributed by atoms with Crippen molar-refractivity contribution < 1.29 is 24.5 Å². The summed E-state index contributed by atoms with van der Waals surface area (Å²) in [6.07, 6.45) is 0.597. The standard InChI is InChI=1S/C18H20O5.2C2H6/c1-11-17(22-2)9-7-14(18(11)23-3)15(20)8-5-12-4-6-13(19)10-16(12)21;2*1-2/h4,6-7,9-10,19,21H,5,8H2,1-3H3;2*1-2H3. The van der Waals surface area contributed by atoms with Crippen molar-refractivity contribution in [2.24, 2.45) is 0 Å². The number of ether oxygens (including phenoxy) is 2. The van der Waals surface area contributed by atoms with Crippen LogP contribution in [0.3, 0.4) is 0 Å². The fourth-order valence-corrected chi connectivity index (χ4v) is 2.52. The molecule has 0 amide bonds. The largest absolute Gasteiger partial charge is 0.508 e. The molecule has 2 N–H and O–H groups in total. The number of hydrogen-bond acceptors (Lipinski definition) is 5. The van der Waals surface area contributed by atoms with E-state index in [0.717, 1.165) is 5.56 Å². The molecule has 0 unspecified atom stereocenters. The van der Waals surface area contributed by atoms with Gasteiger partial charge in [-0.05, 0) is 37.1 Å². The van der Waals surface area contributed by atoms with Crippen LogP contribution in [0.15, 0.2) is 30.3 Å². The second kappa shape index (κ2) is 12.6. The Labute approximate surface area is 162 Å². The number of aryl methyl sites for hydroxylation is 1. The lowest BCUT2D eigenvalue weighted by Crippen LogP contribution is -2.06. The lowest BCUT2D eigenvalue weighted by molar-refractivity contribution is 0.0979. The predicted molar refractivity (Wildman–Crippen MR) is 109 cm³/mol. The molecule has 0 aliphatic carbocycles. The van der Waals surface area contributed by atoms with Gasteiger partial charge in [-0.25, -0.2) is 0 Å². The highest BCUT2D eigenvalue weighted by atomic mass is 16.5. The van der Waals surface area contributed by atoms with Crippen molar-refractivity contribution in [3.05, 3.63) is 47.0 Å². The first kappa shape index (κ1) is 24.3. The van der Waals surface area contributed by atoms with E-state index in [2.05, 4.69) is 0 Å². The minimum Gasteiger partial charge on any atom is -0.508 e. The normalized spacial score (nSPS) is 9.30. The van der Waals surface area contributed by atoms with E-state index in [1.165, 1.54) is 19.2 Å². The molecule has 0 radical (unpaired) electrons. The molecule has 2 aromatic carbocycles. The lowest BCUT2D eigenvalue weighted by Gasteiger charge is -2.14. The second-order valence-electron chi connectivity index (χ2n) is 5.21. The topological polar surface area (TPSA) is 76.0 Å². The summed E-state index contributed by atoms with van der Waals surface area (Å²) in [5, 5.41) is 19.1. The van der Waals surface area contributed by atoms with Gasteiger partial charge in [0.2, 0.25) is 0 Å². The van der Waals surface area contributed by atoms with Gasteiger partial charge in [0, 0.05) is 18.1 Å². The lowest BCUT2D eigenvalue weighted by atomic mass is 9.99. The zero-order valence-corrected chi connectivity index (χ0v) is 17.4. The number of Topliss-reactive ketones (excluding diaryl/α,β-unsaturated/α-hetero) is 1. The first-order valence-electron chi connectivity index (χ1n) is 9.23. The molecule has 150 valence electrons. The Kier molecular flexibility index (Phi) is 11.4. The van der Waals surface area contributed by atoms with Crippen molar-refractivity contribution in [1.82, 2.24) is 0 Å². The molecular weight excluding hydrogens is 344 g/mol. The van der Waals surface area contributed by atoms with Crippen LogP contribution in [0.5, 0.6) is 23.0 Å². The Bertz CT molecular complexity index is 723. The number of carbonyl (C=O) groups is 1. The van der Waals surface area contributed by atoms with Crippen LogP contribution in [0, 0.1) is 6.92 Å². The van der Waals surface area contributed by atoms with E-state index in [0.29, 0.717) is 29.0 Å². The molecule has 2 rings (SSSR count). The maximum Gasteiger partial charge on any atom is 0.166 e. The van der Waals surface area contributed by atoms with Crippen molar-refractivity contribution in [1.29, 1.82) is 0 Å². The van der Waals surface area contributed by atoms with E-state index in [4.69, 9.17) is 9.47 Å². The Morgan fingerprint density at radius 3 is 2.11 bits per heavy atom. The highest BCUT2D eigenvalue weighted by Crippen LogP contribution is 2.32. The quantitative estimate of drug-likeness (QED) is 0.670. The Morgan fingerprint density at radius 1 is 0.963 bits per heavy atom. The van der Waals surface area contributed by atoms with Crippen molar-refractivity contribution >= 4 is 5.78 Å². The van der Waals surface area contributed by atoms with Crippen LogP contribution in [-0.4, -0.2) is 30.2 Å². The van der Waals surface area contributed by atoms with E-state index in [-0.39, 0.29) is 23.7 Å². The minimum atomic E-state index is -0.0833. The first-order valence-corrected chi connectivity index (χ1v) is 9.23. The molecule has 0 aromatic heterocycles. The molecule has 2 aromatic rings. The van der Waals surface area contributed by atoms with Gasteiger partial charge in [0.05, 0.1) is 19.8 Å². The van der Waals surface area contributed by atoms with E-state index >= 15 is 0 Å². The summed E-state index contributed by atoms with van der Waals surface area (Å²) in [5.74, 6) is 1.06. The molecule has 0 saturated carbocycles. The summed E-state index contributed by atoms with van der Waals surface area (Å²) in [6.45, 7) is 9.83. The molecule has 0 aliphatic heterocycles. The Hall–Kier alpha value is -2.69. The van der Waals surface area contributed by atoms with Gasteiger partial charge in [0.25, 0.3) is 0 Å². The molecule has 5 nitrogen and oxygen atoms in total. The molecule has 0 heterocycles. The summed E-state index contributed by atoms with van der Waals surface area (Å²) in [6, 6.07) is 7.77. The maximum atomic E-state index is 12.5. The van der Waals surface area contributed by atoms with Gasteiger partial charge in [0.1, 0.15) is 23.0 Å². The van der Waals surface area contributed by atoms with Gasteiger partial charge in [0.15, 0.2) is 5.78 Å². The van der Waals surface area contributed by atoms with Gasteiger partial charge in [-0.15, -0.1) is 0 Å². The zero-order chi connectivity index (χ0) is 21.0. The number of phenols is 2. The maximum absolute atomic E-state index is 12.5. The van der Waals surface area contributed by atoms with Crippen LogP contribution >= 0.6 is 0 Å². The second-order valence-corrected chi connectivity index (χ2v) is 5.21. The molecule has 0 spiro atoms. The molecular formula is C22H32O5. The Balaban J connectivity index is 0.00000158. The number of hydrogen-bond donors (Lipinski definition) is 2. The SMILES string of the molecule is CC.CC.COc1ccc(C(=O)CCc2ccc(O)cc2O)c(OC)c1C. The number of ketones is 1. The molecule has 0 aliphatic rings. The highest BCUT2D eigenvalue weighted by molar-refractivity contribution is 5.99. The van der Waals surface area contributed by atoms with Crippen LogP contribution in [0.4, 0.5) is 0 Å². The molecule has 0 saturated heterocycles. The number of aromatic hydroxyl groups is 2. The third kappa shape index (κ3) is 6.51. The van der Waals surface area contributed by atoms with Crippen LogP contribution in [0.1, 0.15) is 55.6 Å². The predicted octanol–water partition coefficient (Wildman–Crippen LogP) is 5.29. The summed E-state index contributed by atoms with van der Waals surface area (Å²) >= 11 is 0. The van der Waals surface area contributed by atoms with E-state index in [1.807, 2.05) is 34.6 Å². The van der Waals surface area contributed by atoms with Gasteiger partial charge < -0.3 is 19.7 Å². The van der Waals surface area contributed by atoms with Crippen molar-refractivity contribution in [2.45, 2.75) is 47.5 Å². The molecule has 5 heteroatoms. The molecule has 0 atom stereocenters. The summed E-state index contributed by atoms with van der Waals surface area (Å²) in [5.41, 5.74) is 1.87. The smallest absolute Gasteiger partial charge is 0.166 e. The summed E-state index contributed by atoms with van der Waals surface area (Å²) in [7, 11) is 3.08. The number of carbonyl (C=O) groups excluding carboxylic acids is 1. The fraction of sp³-hybridized carbons (Fsp3) is 0.409. The average Bonchev–Trinajstić information content (AvgIpc) is 2.70. The van der Waals surface area contributed by atoms with Crippen molar-refractivity contribution in [3.8, 4) is 23.0 Å². The average molecular weight is 376 g/mol. The fourth-order valence-electron chi connectivity index (χ4n) is 2.52. The van der Waals surface area contributed by atoms with Gasteiger partial charge in [-0.2, -0.15) is 0 Å². The van der Waals surface area contributed by atoms with E-state index < -0.39 is 0 Å². The van der Waals surface area contributed by atoms with Crippen molar-refractivity contribution in [2.75, 3.05) is 14.2 Å².